The van der Waals surface area contributed by atoms with Crippen LogP contribution in [0.5, 0.6) is 5.75 Å². The highest BCUT2D eigenvalue weighted by molar-refractivity contribution is 5.42. The largest absolute Gasteiger partial charge is 0.494 e. The van der Waals surface area contributed by atoms with Gasteiger partial charge >= 0.3 is 0 Å². The number of rotatable bonds is 6. The molecule has 0 spiro atoms. The fraction of sp³-hybridized carbons (Fsp3) is 0.400. The van der Waals surface area contributed by atoms with Crippen LogP contribution in [0.4, 0.5) is 0 Å². The number of hydrogen-bond donors (Lipinski definition) is 0. The van der Waals surface area contributed by atoms with Crippen LogP contribution in [-0.2, 0) is 0 Å². The first-order chi connectivity index (χ1) is 8.21. The zero-order valence-corrected chi connectivity index (χ0v) is 10.6. The predicted molar refractivity (Wildman–Crippen MR) is 70.2 cm³/mol. The maximum atomic E-state index is 8.98. The summed E-state index contributed by atoms with van der Waals surface area (Å²) in [4.78, 5) is 0. The second kappa shape index (κ2) is 6.75. The second-order valence-electron chi connectivity index (χ2n) is 4.13. The van der Waals surface area contributed by atoms with Gasteiger partial charge in [0.15, 0.2) is 0 Å². The SMILES string of the molecule is C=CC(C)c1cc(C#N)cc(OCCCC)c1. The second-order valence-corrected chi connectivity index (χ2v) is 4.13. The van der Waals surface area contributed by atoms with Crippen LogP contribution in [0.25, 0.3) is 0 Å². The van der Waals surface area contributed by atoms with Gasteiger partial charge in [-0.05, 0) is 36.1 Å². The van der Waals surface area contributed by atoms with Crippen LogP contribution in [0.2, 0.25) is 0 Å². The molecule has 0 heterocycles. The molecule has 0 amide bonds. The van der Waals surface area contributed by atoms with E-state index in [0.29, 0.717) is 12.2 Å². The summed E-state index contributed by atoms with van der Waals surface area (Å²) in [6.07, 6.45) is 4.00. The summed E-state index contributed by atoms with van der Waals surface area (Å²) in [5.41, 5.74) is 1.72. The van der Waals surface area contributed by atoms with Crippen LogP contribution in [0.3, 0.4) is 0 Å². The molecular formula is C15H19NO. The molecule has 0 N–H and O–H groups in total. The molecule has 1 unspecified atom stereocenters. The molecular weight excluding hydrogens is 210 g/mol. The minimum atomic E-state index is 0.233. The molecule has 0 saturated carbocycles. The van der Waals surface area contributed by atoms with Crippen LogP contribution in [0, 0.1) is 11.3 Å². The minimum absolute atomic E-state index is 0.233. The molecule has 1 aromatic rings. The van der Waals surface area contributed by atoms with Gasteiger partial charge in [-0.15, -0.1) is 6.58 Å². The van der Waals surface area contributed by atoms with Crippen molar-refractivity contribution in [3.8, 4) is 11.8 Å². The number of nitriles is 1. The number of nitrogens with zero attached hydrogens (tertiary/aromatic N) is 1. The van der Waals surface area contributed by atoms with Crippen molar-refractivity contribution in [3.05, 3.63) is 42.0 Å². The molecule has 2 heteroatoms. The average Bonchev–Trinajstić information content (AvgIpc) is 2.37. The first-order valence-corrected chi connectivity index (χ1v) is 6.01. The summed E-state index contributed by atoms with van der Waals surface area (Å²) in [5.74, 6) is 1.01. The normalized spacial score (nSPS) is 11.6. The number of allylic oxidation sites excluding steroid dienone is 1. The van der Waals surface area contributed by atoms with E-state index in [2.05, 4.69) is 26.5 Å². The van der Waals surface area contributed by atoms with Crippen molar-refractivity contribution in [2.45, 2.75) is 32.6 Å². The van der Waals surface area contributed by atoms with Crippen molar-refractivity contribution < 1.29 is 4.74 Å². The molecule has 1 rings (SSSR count). The van der Waals surface area contributed by atoms with Crippen molar-refractivity contribution in [2.75, 3.05) is 6.61 Å². The van der Waals surface area contributed by atoms with Crippen molar-refractivity contribution in [1.82, 2.24) is 0 Å². The van der Waals surface area contributed by atoms with Crippen LogP contribution >= 0.6 is 0 Å². The molecule has 0 aliphatic carbocycles. The predicted octanol–water partition coefficient (Wildman–Crippen LogP) is 4.03. The molecule has 17 heavy (non-hydrogen) atoms. The lowest BCUT2D eigenvalue weighted by Gasteiger charge is -2.11. The molecule has 0 aliphatic heterocycles. The third-order valence-electron chi connectivity index (χ3n) is 2.70. The number of hydrogen-bond acceptors (Lipinski definition) is 2. The van der Waals surface area contributed by atoms with Crippen molar-refractivity contribution in [2.24, 2.45) is 0 Å². The Bertz CT molecular complexity index is 417. The summed E-state index contributed by atoms with van der Waals surface area (Å²) in [5, 5.41) is 8.98. The van der Waals surface area contributed by atoms with Gasteiger partial charge in [0.2, 0.25) is 0 Å². The Labute approximate surface area is 104 Å². The Morgan fingerprint density at radius 2 is 2.24 bits per heavy atom. The molecule has 0 aromatic heterocycles. The first-order valence-electron chi connectivity index (χ1n) is 6.01. The van der Waals surface area contributed by atoms with Crippen LogP contribution in [-0.4, -0.2) is 6.61 Å². The van der Waals surface area contributed by atoms with E-state index in [1.165, 1.54) is 0 Å². The Morgan fingerprint density at radius 1 is 1.47 bits per heavy atom. The highest BCUT2D eigenvalue weighted by atomic mass is 16.5. The van der Waals surface area contributed by atoms with E-state index in [-0.39, 0.29) is 5.92 Å². The zero-order valence-electron chi connectivity index (χ0n) is 10.6. The highest BCUT2D eigenvalue weighted by Gasteiger charge is 2.06. The number of benzene rings is 1. The fourth-order valence-electron chi connectivity index (χ4n) is 1.50. The van der Waals surface area contributed by atoms with Gasteiger partial charge in [0.25, 0.3) is 0 Å². The molecule has 0 aliphatic rings. The molecule has 0 fully saturated rings. The maximum absolute atomic E-state index is 8.98. The average molecular weight is 229 g/mol. The van der Waals surface area contributed by atoms with Crippen molar-refractivity contribution in [1.29, 1.82) is 5.26 Å². The van der Waals surface area contributed by atoms with Gasteiger partial charge in [-0.3, -0.25) is 0 Å². The number of unbranched alkanes of at least 4 members (excludes halogenated alkanes) is 1. The van der Waals surface area contributed by atoms with Gasteiger partial charge in [0, 0.05) is 0 Å². The summed E-state index contributed by atoms with van der Waals surface area (Å²) in [7, 11) is 0. The van der Waals surface area contributed by atoms with Gasteiger partial charge in [-0.2, -0.15) is 5.26 Å². The number of ether oxygens (including phenoxy) is 1. The zero-order chi connectivity index (χ0) is 12.7. The standard InChI is InChI=1S/C15H19NO/c1-4-6-7-17-15-9-13(11-16)8-14(10-15)12(3)5-2/h5,8-10,12H,2,4,6-7H2,1,3H3. The van der Waals surface area contributed by atoms with Crippen LogP contribution in [0.15, 0.2) is 30.9 Å². The fourth-order valence-corrected chi connectivity index (χ4v) is 1.50. The third kappa shape index (κ3) is 3.96. The van der Waals surface area contributed by atoms with E-state index < -0.39 is 0 Å². The quantitative estimate of drug-likeness (QED) is 0.545. The van der Waals surface area contributed by atoms with E-state index in [1.54, 1.807) is 6.07 Å². The van der Waals surface area contributed by atoms with Gasteiger partial charge < -0.3 is 4.74 Å². The summed E-state index contributed by atoms with van der Waals surface area (Å²) >= 11 is 0. The lowest BCUT2D eigenvalue weighted by atomic mass is 9.99. The van der Waals surface area contributed by atoms with E-state index in [4.69, 9.17) is 10.00 Å². The molecule has 0 saturated heterocycles. The van der Waals surface area contributed by atoms with E-state index in [1.807, 2.05) is 18.2 Å². The van der Waals surface area contributed by atoms with Gasteiger partial charge in [0.1, 0.15) is 5.75 Å². The molecule has 0 bridgehead atoms. The molecule has 1 aromatic carbocycles. The van der Waals surface area contributed by atoms with Crippen LogP contribution < -0.4 is 4.74 Å². The van der Waals surface area contributed by atoms with E-state index in [9.17, 15) is 0 Å². The van der Waals surface area contributed by atoms with Crippen LogP contribution in [0.1, 0.15) is 43.7 Å². The summed E-state index contributed by atoms with van der Waals surface area (Å²) < 4.78 is 5.64. The van der Waals surface area contributed by atoms with Gasteiger partial charge in [-0.25, -0.2) is 0 Å². The summed E-state index contributed by atoms with van der Waals surface area (Å²) in [6.45, 7) is 8.66. The topological polar surface area (TPSA) is 33.0 Å². The third-order valence-corrected chi connectivity index (χ3v) is 2.70. The lowest BCUT2D eigenvalue weighted by molar-refractivity contribution is 0.309. The highest BCUT2D eigenvalue weighted by Crippen LogP contribution is 2.24. The van der Waals surface area contributed by atoms with Gasteiger partial charge in [0.05, 0.1) is 18.2 Å². The molecule has 0 radical (unpaired) electrons. The molecule has 90 valence electrons. The monoisotopic (exact) mass is 229 g/mol. The van der Waals surface area contributed by atoms with E-state index in [0.717, 1.165) is 24.2 Å². The minimum Gasteiger partial charge on any atom is -0.494 e. The maximum Gasteiger partial charge on any atom is 0.120 e. The van der Waals surface area contributed by atoms with Gasteiger partial charge in [-0.1, -0.05) is 26.3 Å². The first kappa shape index (κ1) is 13.3. The van der Waals surface area contributed by atoms with Crippen molar-refractivity contribution >= 4 is 0 Å². The Hall–Kier alpha value is -1.75. The summed E-state index contributed by atoms with van der Waals surface area (Å²) in [6, 6.07) is 7.83. The Morgan fingerprint density at radius 3 is 2.82 bits per heavy atom. The smallest absolute Gasteiger partial charge is 0.120 e. The lowest BCUT2D eigenvalue weighted by Crippen LogP contribution is -1.99. The molecule has 2 nitrogen and oxygen atoms in total. The Balaban J connectivity index is 2.90. The molecule has 1 atom stereocenters. The van der Waals surface area contributed by atoms with Crippen molar-refractivity contribution in [3.63, 3.8) is 0 Å². The Kier molecular flexibility index (Phi) is 5.29. The van der Waals surface area contributed by atoms with E-state index >= 15 is 0 Å².